The van der Waals surface area contributed by atoms with Crippen LogP contribution in [0.3, 0.4) is 0 Å². The largest absolute Gasteiger partial charge is 0.461 e. The molecule has 0 bridgehead atoms. The number of halogens is 3. The molecule has 6 heteroatoms. The number of Topliss-reactive ketones (excluding diaryl/α,β-unsaturated/α-hetero) is 1. The Morgan fingerprint density at radius 1 is 1.25 bits per heavy atom. The smallest absolute Gasteiger partial charge is 0.416 e. The molecule has 0 spiro atoms. The summed E-state index contributed by atoms with van der Waals surface area (Å²) in [4.78, 5) is 21.7. The third-order valence-corrected chi connectivity index (χ3v) is 2.30. The lowest BCUT2D eigenvalue weighted by Crippen LogP contribution is -2.09. The molecule has 0 amide bonds. The molecule has 1 aromatic carbocycles. The van der Waals surface area contributed by atoms with E-state index in [0.29, 0.717) is 0 Å². The lowest BCUT2D eigenvalue weighted by Gasteiger charge is -2.09. The first-order valence-corrected chi connectivity index (χ1v) is 5.78. The van der Waals surface area contributed by atoms with Crippen molar-refractivity contribution in [1.29, 1.82) is 0 Å². The lowest BCUT2D eigenvalue weighted by atomic mass is 10.1. The van der Waals surface area contributed by atoms with Crippen LogP contribution in [0.5, 0.6) is 0 Å². The predicted octanol–water partition coefficient (Wildman–Crippen LogP) is 3.24. The summed E-state index contributed by atoms with van der Waals surface area (Å²) < 4.78 is 42.7. The minimum atomic E-state index is -4.44. The van der Waals surface area contributed by atoms with Crippen LogP contribution in [0.2, 0.25) is 0 Å². The van der Waals surface area contributed by atoms with Crippen molar-refractivity contribution in [3.63, 3.8) is 0 Å². The fourth-order valence-corrected chi connectivity index (χ4v) is 1.47. The molecule has 0 N–H and O–H groups in total. The van der Waals surface area contributed by atoms with E-state index in [1.165, 1.54) is 37.3 Å². The van der Waals surface area contributed by atoms with Crippen LogP contribution in [0.4, 0.5) is 13.2 Å². The van der Waals surface area contributed by atoms with Gasteiger partial charge in [-0.05, 0) is 24.6 Å². The Hall–Kier alpha value is -2.11. The molecule has 0 atom stereocenters. The first-order valence-electron chi connectivity index (χ1n) is 5.78. The maximum Gasteiger partial charge on any atom is 0.416 e. The van der Waals surface area contributed by atoms with Crippen LogP contribution in [0.1, 0.15) is 24.5 Å². The number of rotatable bonds is 5. The molecule has 3 nitrogen and oxygen atoms in total. The van der Waals surface area contributed by atoms with E-state index in [2.05, 4.69) is 4.74 Å². The molecule has 0 saturated carbocycles. The van der Waals surface area contributed by atoms with Crippen LogP contribution >= 0.6 is 0 Å². The maximum atomic E-state index is 12.7. The average molecular weight is 286 g/mol. The van der Waals surface area contributed by atoms with Crippen LogP contribution in [-0.4, -0.2) is 18.4 Å². The van der Waals surface area contributed by atoms with Crippen molar-refractivity contribution in [1.82, 2.24) is 0 Å². The van der Waals surface area contributed by atoms with Gasteiger partial charge in [-0.15, -0.1) is 0 Å². The number of carbonyl (C=O) groups is 2. The van der Waals surface area contributed by atoms with Gasteiger partial charge in [0, 0.05) is 0 Å². The van der Waals surface area contributed by atoms with E-state index in [1.807, 2.05) is 0 Å². The van der Waals surface area contributed by atoms with Gasteiger partial charge in [-0.2, -0.15) is 13.2 Å². The highest BCUT2D eigenvalue weighted by molar-refractivity contribution is 5.94. The number of ketones is 1. The Balaban J connectivity index is 2.63. The van der Waals surface area contributed by atoms with E-state index in [4.69, 9.17) is 0 Å². The number of ether oxygens (including phenoxy) is 1. The van der Waals surface area contributed by atoms with Crippen LogP contribution < -0.4 is 0 Å². The van der Waals surface area contributed by atoms with Crippen LogP contribution in [-0.2, 0) is 20.5 Å². The van der Waals surface area contributed by atoms with Gasteiger partial charge in [0.2, 0.25) is 0 Å². The van der Waals surface area contributed by atoms with Gasteiger partial charge >= 0.3 is 12.1 Å². The average Bonchev–Trinajstić information content (AvgIpc) is 2.33. The fourth-order valence-electron chi connectivity index (χ4n) is 1.47. The Kier molecular flexibility index (Phi) is 5.49. The van der Waals surface area contributed by atoms with Crippen molar-refractivity contribution in [3.05, 3.63) is 41.5 Å². The highest BCUT2D eigenvalue weighted by Gasteiger charge is 2.32. The minimum absolute atomic E-state index is 0.0115. The standard InChI is InChI=1S/C14H13F3O3/c1-10(18)9-13(19)20-8-4-6-11-5-2-3-7-12(11)14(15,16)17/h2-7H,8-9H2,1H3. The third kappa shape index (κ3) is 5.26. The number of carbonyl (C=O) groups excluding carboxylic acids is 2. The second-order valence-corrected chi connectivity index (χ2v) is 4.05. The number of benzene rings is 1. The van der Waals surface area contributed by atoms with E-state index >= 15 is 0 Å². The summed E-state index contributed by atoms with van der Waals surface area (Å²) in [5, 5.41) is 0. The molecule has 0 unspecified atom stereocenters. The SMILES string of the molecule is CC(=O)CC(=O)OCC=Cc1ccccc1C(F)(F)F. The molecule has 20 heavy (non-hydrogen) atoms. The molecule has 1 rings (SSSR count). The highest BCUT2D eigenvalue weighted by Crippen LogP contribution is 2.32. The van der Waals surface area contributed by atoms with Crippen molar-refractivity contribution >= 4 is 17.8 Å². The molecule has 108 valence electrons. The molecule has 0 saturated heterocycles. The number of esters is 1. The second-order valence-electron chi connectivity index (χ2n) is 4.05. The van der Waals surface area contributed by atoms with E-state index in [1.54, 1.807) is 0 Å². The Bertz CT molecular complexity index is 519. The van der Waals surface area contributed by atoms with Crippen molar-refractivity contribution in [2.75, 3.05) is 6.61 Å². The molecule has 0 aliphatic heterocycles. The fraction of sp³-hybridized carbons (Fsp3) is 0.286. The second kappa shape index (κ2) is 6.88. The quantitative estimate of drug-likeness (QED) is 0.616. The summed E-state index contributed by atoms with van der Waals surface area (Å²) in [7, 11) is 0. The Morgan fingerprint density at radius 3 is 2.50 bits per heavy atom. The van der Waals surface area contributed by atoms with E-state index in [-0.39, 0.29) is 24.4 Å². The summed E-state index contributed by atoms with van der Waals surface area (Å²) in [6.07, 6.45) is -2.26. The minimum Gasteiger partial charge on any atom is -0.461 e. The van der Waals surface area contributed by atoms with E-state index in [9.17, 15) is 22.8 Å². The van der Waals surface area contributed by atoms with Crippen LogP contribution in [0.15, 0.2) is 30.3 Å². The molecule has 0 aliphatic carbocycles. The zero-order valence-corrected chi connectivity index (χ0v) is 10.7. The van der Waals surface area contributed by atoms with E-state index in [0.717, 1.165) is 6.07 Å². The van der Waals surface area contributed by atoms with Crippen molar-refractivity contribution < 1.29 is 27.5 Å². The Labute approximate surface area is 114 Å². The maximum absolute atomic E-state index is 12.7. The monoisotopic (exact) mass is 286 g/mol. The number of hydrogen-bond donors (Lipinski definition) is 0. The van der Waals surface area contributed by atoms with Crippen LogP contribution in [0, 0.1) is 0 Å². The highest BCUT2D eigenvalue weighted by atomic mass is 19.4. The van der Waals surface area contributed by atoms with Crippen molar-refractivity contribution in [2.45, 2.75) is 19.5 Å². The molecule has 1 aromatic rings. The van der Waals surface area contributed by atoms with Gasteiger partial charge in [-0.3, -0.25) is 9.59 Å². The molecular formula is C14H13F3O3. The summed E-state index contributed by atoms with van der Waals surface area (Å²) in [6, 6.07) is 5.07. The van der Waals surface area contributed by atoms with E-state index < -0.39 is 17.7 Å². The lowest BCUT2D eigenvalue weighted by molar-refractivity contribution is -0.144. The molecule has 0 aromatic heterocycles. The predicted molar refractivity (Wildman–Crippen MR) is 66.7 cm³/mol. The van der Waals surface area contributed by atoms with Gasteiger partial charge in [-0.1, -0.05) is 24.3 Å². The zero-order chi connectivity index (χ0) is 15.2. The van der Waals surface area contributed by atoms with Gasteiger partial charge in [0.05, 0.1) is 5.56 Å². The van der Waals surface area contributed by atoms with Crippen molar-refractivity contribution in [2.24, 2.45) is 0 Å². The third-order valence-electron chi connectivity index (χ3n) is 2.30. The number of alkyl halides is 3. The summed E-state index contributed by atoms with van der Waals surface area (Å²) in [5.41, 5.74) is -0.770. The summed E-state index contributed by atoms with van der Waals surface area (Å²) in [6.45, 7) is 1.06. The van der Waals surface area contributed by atoms with Crippen molar-refractivity contribution in [3.8, 4) is 0 Å². The number of hydrogen-bond acceptors (Lipinski definition) is 3. The Morgan fingerprint density at radius 2 is 1.90 bits per heavy atom. The van der Waals surface area contributed by atoms with Gasteiger partial charge in [-0.25, -0.2) is 0 Å². The topological polar surface area (TPSA) is 43.4 Å². The molecule has 0 heterocycles. The molecular weight excluding hydrogens is 273 g/mol. The van der Waals surface area contributed by atoms with Gasteiger partial charge < -0.3 is 4.74 Å². The van der Waals surface area contributed by atoms with Gasteiger partial charge in [0.1, 0.15) is 18.8 Å². The molecule has 0 fully saturated rings. The summed E-state index contributed by atoms with van der Waals surface area (Å²) >= 11 is 0. The molecule has 0 radical (unpaired) electrons. The first kappa shape index (κ1) is 15.9. The summed E-state index contributed by atoms with van der Waals surface area (Å²) in [5.74, 6) is -1.03. The zero-order valence-electron chi connectivity index (χ0n) is 10.7. The van der Waals surface area contributed by atoms with Gasteiger partial charge in [0.25, 0.3) is 0 Å². The first-order chi connectivity index (χ1) is 9.30. The van der Waals surface area contributed by atoms with Gasteiger partial charge in [0.15, 0.2) is 0 Å². The molecule has 0 aliphatic rings. The normalized spacial score (nSPS) is 11.6. The van der Waals surface area contributed by atoms with Crippen LogP contribution in [0.25, 0.3) is 6.08 Å².